The fourth-order valence-electron chi connectivity index (χ4n) is 3.45. The Balaban J connectivity index is 2.31. The first-order valence-corrected chi connectivity index (χ1v) is 11.8. The van der Waals surface area contributed by atoms with Crippen molar-refractivity contribution in [2.24, 2.45) is 0 Å². The number of rotatable bonds is 5. The van der Waals surface area contributed by atoms with E-state index >= 15 is 0 Å². The molecule has 2 aromatic carbocycles. The summed E-state index contributed by atoms with van der Waals surface area (Å²) in [4.78, 5) is 0. The molecule has 0 N–H and O–H groups in total. The van der Waals surface area contributed by atoms with Crippen molar-refractivity contribution in [1.29, 1.82) is 0 Å². The Morgan fingerprint density at radius 1 is 0.929 bits per heavy atom. The van der Waals surface area contributed by atoms with Gasteiger partial charge in [0.25, 0.3) is 0 Å². The van der Waals surface area contributed by atoms with Crippen LogP contribution in [0.4, 0.5) is 0 Å². The highest BCUT2D eigenvalue weighted by Crippen LogP contribution is 2.63. The third kappa shape index (κ3) is 3.67. The summed E-state index contributed by atoms with van der Waals surface area (Å²) in [5, 5.41) is 0.400. The minimum absolute atomic E-state index is 0.00971. The monoisotopic (exact) mass is 402 g/mol. The maximum atomic E-state index is 14.1. The van der Waals surface area contributed by atoms with E-state index in [1.807, 2.05) is 84.9 Å². The number of benzene rings is 2. The molecule has 0 bridgehead atoms. The topological polar surface area (TPSA) is 44.8 Å². The quantitative estimate of drug-likeness (QED) is 0.570. The molecule has 152 valence electrons. The first-order chi connectivity index (χ1) is 13.0. The predicted octanol–water partition coefficient (Wildman–Crippen LogP) is 6.06. The summed E-state index contributed by atoms with van der Waals surface area (Å²) in [6.07, 6.45) is 0.252. The highest BCUT2D eigenvalue weighted by molar-refractivity contribution is 7.73. The molecule has 0 spiro atoms. The van der Waals surface area contributed by atoms with Crippen LogP contribution in [0.5, 0.6) is 17.2 Å². The van der Waals surface area contributed by atoms with E-state index in [1.54, 1.807) is 0 Å². The first kappa shape index (κ1) is 20.8. The van der Waals surface area contributed by atoms with Crippen LogP contribution >= 0.6 is 7.14 Å². The van der Waals surface area contributed by atoms with Gasteiger partial charge in [-0.1, -0.05) is 39.0 Å². The Bertz CT molecular complexity index is 881. The molecular formula is C23H31O4P. The molecule has 0 unspecified atom stereocenters. The van der Waals surface area contributed by atoms with Crippen LogP contribution in [0.25, 0.3) is 11.1 Å². The van der Waals surface area contributed by atoms with Crippen LogP contribution in [0.2, 0.25) is 0 Å². The van der Waals surface area contributed by atoms with Gasteiger partial charge >= 0.3 is 0 Å². The predicted molar refractivity (Wildman–Crippen MR) is 116 cm³/mol. The summed E-state index contributed by atoms with van der Waals surface area (Å²) in [7, 11) is -2.79. The van der Waals surface area contributed by atoms with Gasteiger partial charge in [-0.15, -0.1) is 0 Å². The zero-order valence-electron chi connectivity index (χ0n) is 17.9. The zero-order chi connectivity index (χ0) is 20.7. The molecule has 1 atom stereocenters. The third-order valence-electron chi connectivity index (χ3n) is 4.83. The van der Waals surface area contributed by atoms with Gasteiger partial charge in [-0.3, -0.25) is 0 Å². The molecule has 3 rings (SSSR count). The summed E-state index contributed by atoms with van der Waals surface area (Å²) < 4.78 is 32.3. The smallest absolute Gasteiger partial charge is 0.160 e. The van der Waals surface area contributed by atoms with E-state index in [2.05, 4.69) is 0 Å². The van der Waals surface area contributed by atoms with Gasteiger partial charge in [-0.05, 0) is 45.9 Å². The molecule has 0 amide bonds. The van der Waals surface area contributed by atoms with Gasteiger partial charge in [-0.25, -0.2) is 0 Å². The van der Waals surface area contributed by atoms with E-state index in [9.17, 15) is 4.57 Å². The van der Waals surface area contributed by atoms with Gasteiger partial charge in [-0.2, -0.15) is 0 Å². The van der Waals surface area contributed by atoms with E-state index in [0.717, 1.165) is 27.9 Å². The maximum Gasteiger partial charge on any atom is 0.160 e. The Labute approximate surface area is 168 Å². The molecular weight excluding hydrogens is 371 g/mol. The molecule has 0 fully saturated rings. The van der Waals surface area contributed by atoms with Crippen LogP contribution in [0.3, 0.4) is 0 Å². The molecule has 0 aliphatic carbocycles. The molecule has 0 radical (unpaired) electrons. The second kappa shape index (κ2) is 7.48. The van der Waals surface area contributed by atoms with E-state index in [0.29, 0.717) is 5.75 Å². The molecule has 0 saturated carbocycles. The standard InChI is InChI=1S/C23H31O4P/c1-15(2)26-18-11-9-12-19(27-16(3)4)21(18)17-10-8-13-20-22(17)28(24,14-25-20)23(5,6)7/h8-13,15-16H,14H2,1-7H3/t28-/m1/s1. The van der Waals surface area contributed by atoms with Gasteiger partial charge in [0.1, 0.15) is 23.6 Å². The molecule has 28 heavy (non-hydrogen) atoms. The fraction of sp³-hybridized carbons (Fsp3) is 0.478. The number of hydrogen-bond acceptors (Lipinski definition) is 4. The fourth-order valence-corrected chi connectivity index (χ4v) is 6.03. The molecule has 1 heterocycles. The second-order valence-corrected chi connectivity index (χ2v) is 12.3. The van der Waals surface area contributed by atoms with Crippen LogP contribution in [0.1, 0.15) is 48.5 Å². The van der Waals surface area contributed by atoms with Crippen LogP contribution in [-0.4, -0.2) is 23.7 Å². The van der Waals surface area contributed by atoms with Crippen molar-refractivity contribution in [2.45, 2.75) is 65.8 Å². The molecule has 4 nitrogen and oxygen atoms in total. The zero-order valence-corrected chi connectivity index (χ0v) is 18.8. The van der Waals surface area contributed by atoms with Crippen molar-refractivity contribution in [3.63, 3.8) is 0 Å². The van der Waals surface area contributed by atoms with Gasteiger partial charge in [0.05, 0.1) is 23.1 Å². The molecule has 2 aromatic rings. The summed E-state index contributed by atoms with van der Waals surface area (Å²) >= 11 is 0. The van der Waals surface area contributed by atoms with E-state index in [1.165, 1.54) is 0 Å². The van der Waals surface area contributed by atoms with E-state index < -0.39 is 12.3 Å². The lowest BCUT2D eigenvalue weighted by molar-refractivity contribution is 0.231. The Morgan fingerprint density at radius 2 is 1.46 bits per heavy atom. The first-order valence-electron chi connectivity index (χ1n) is 9.87. The lowest BCUT2D eigenvalue weighted by Gasteiger charge is -2.28. The van der Waals surface area contributed by atoms with Crippen molar-refractivity contribution in [2.75, 3.05) is 6.35 Å². The lowest BCUT2D eigenvalue weighted by Crippen LogP contribution is -2.23. The van der Waals surface area contributed by atoms with Gasteiger partial charge in [0.15, 0.2) is 7.14 Å². The average Bonchev–Trinajstić information content (AvgIpc) is 2.93. The van der Waals surface area contributed by atoms with Crippen molar-refractivity contribution in [1.82, 2.24) is 0 Å². The SMILES string of the molecule is CC(C)Oc1cccc(OC(C)C)c1-c1cccc2c1[P@@](=O)(C(C)(C)C)CO2. The summed E-state index contributed by atoms with van der Waals surface area (Å²) in [6.45, 7) is 14.1. The summed E-state index contributed by atoms with van der Waals surface area (Å²) in [6, 6.07) is 11.7. The summed E-state index contributed by atoms with van der Waals surface area (Å²) in [5.74, 6) is 2.16. The highest BCUT2D eigenvalue weighted by atomic mass is 31.2. The normalized spacial score (nSPS) is 18.9. The van der Waals surface area contributed by atoms with Crippen molar-refractivity contribution >= 4 is 12.4 Å². The highest BCUT2D eigenvalue weighted by Gasteiger charge is 2.47. The van der Waals surface area contributed by atoms with Crippen LogP contribution in [0, 0.1) is 0 Å². The maximum absolute atomic E-state index is 14.1. The number of ether oxygens (including phenoxy) is 3. The van der Waals surface area contributed by atoms with Gasteiger partial charge in [0.2, 0.25) is 0 Å². The van der Waals surface area contributed by atoms with Crippen molar-refractivity contribution < 1.29 is 18.8 Å². The Morgan fingerprint density at radius 3 is 1.96 bits per heavy atom. The average molecular weight is 402 g/mol. The number of fused-ring (bicyclic) bond motifs is 1. The Kier molecular flexibility index (Phi) is 5.55. The van der Waals surface area contributed by atoms with E-state index in [-0.39, 0.29) is 18.6 Å². The third-order valence-corrected chi connectivity index (χ3v) is 8.67. The Hall–Kier alpha value is -1.93. The van der Waals surface area contributed by atoms with Crippen molar-refractivity contribution in [3.05, 3.63) is 36.4 Å². The van der Waals surface area contributed by atoms with Crippen LogP contribution < -0.4 is 19.5 Å². The van der Waals surface area contributed by atoms with Crippen molar-refractivity contribution in [3.8, 4) is 28.4 Å². The second-order valence-electron chi connectivity index (χ2n) is 8.80. The molecule has 0 saturated heterocycles. The van der Waals surface area contributed by atoms with Crippen LogP contribution in [-0.2, 0) is 4.57 Å². The molecule has 0 aromatic heterocycles. The molecule has 1 aliphatic heterocycles. The minimum atomic E-state index is -2.79. The van der Waals surface area contributed by atoms with Crippen LogP contribution in [0.15, 0.2) is 36.4 Å². The van der Waals surface area contributed by atoms with E-state index in [4.69, 9.17) is 14.2 Å². The summed E-state index contributed by atoms with van der Waals surface area (Å²) in [5.41, 5.74) is 1.72. The lowest BCUT2D eigenvalue weighted by atomic mass is 10.0. The largest absolute Gasteiger partial charge is 0.490 e. The van der Waals surface area contributed by atoms with Gasteiger partial charge < -0.3 is 18.8 Å². The molecule has 1 aliphatic rings. The molecule has 5 heteroatoms. The van der Waals surface area contributed by atoms with Gasteiger partial charge in [0, 0.05) is 10.7 Å². The number of hydrogen-bond donors (Lipinski definition) is 0. The minimum Gasteiger partial charge on any atom is -0.490 e.